The van der Waals surface area contributed by atoms with Gasteiger partial charge in [0.15, 0.2) is 0 Å². The van der Waals surface area contributed by atoms with Crippen molar-refractivity contribution in [2.45, 2.75) is 46.0 Å². The quantitative estimate of drug-likeness (QED) is 0.782. The predicted molar refractivity (Wildman–Crippen MR) is 76.3 cm³/mol. The lowest BCUT2D eigenvalue weighted by molar-refractivity contribution is 0.459. The molecule has 0 bridgehead atoms. The molecule has 1 fully saturated rings. The van der Waals surface area contributed by atoms with Crippen LogP contribution < -0.4 is 4.90 Å². The number of halogens is 1. The first kappa shape index (κ1) is 13.6. The summed E-state index contributed by atoms with van der Waals surface area (Å²) in [6.07, 6.45) is 7.62. The monoisotopic (exact) mass is 267 g/mol. The molecule has 1 aliphatic rings. The van der Waals surface area contributed by atoms with E-state index < -0.39 is 0 Å². The largest absolute Gasteiger partial charge is 0.356 e. The third-order valence-corrected chi connectivity index (χ3v) is 4.27. The molecule has 100 valence electrons. The molecule has 0 radical (unpaired) electrons. The molecule has 1 saturated heterocycles. The summed E-state index contributed by atoms with van der Waals surface area (Å²) < 4.78 is 0. The van der Waals surface area contributed by atoms with E-state index in [4.69, 9.17) is 11.6 Å². The molecule has 1 aromatic heterocycles. The van der Waals surface area contributed by atoms with Crippen molar-refractivity contribution < 1.29 is 0 Å². The van der Waals surface area contributed by atoms with E-state index >= 15 is 0 Å². The van der Waals surface area contributed by atoms with Crippen molar-refractivity contribution in [3.8, 4) is 0 Å². The number of hydrogen-bond acceptors (Lipinski definition) is 3. The van der Waals surface area contributed by atoms with E-state index in [1.165, 1.54) is 25.7 Å². The van der Waals surface area contributed by atoms with Gasteiger partial charge in [0.05, 0.1) is 0 Å². The highest BCUT2D eigenvalue weighted by molar-refractivity contribution is 6.30. The van der Waals surface area contributed by atoms with Crippen LogP contribution in [-0.2, 0) is 6.42 Å². The van der Waals surface area contributed by atoms with Crippen LogP contribution in [0.15, 0.2) is 6.33 Å². The number of rotatable bonds is 3. The summed E-state index contributed by atoms with van der Waals surface area (Å²) in [5, 5.41) is 0.610. The van der Waals surface area contributed by atoms with Crippen LogP contribution in [0.5, 0.6) is 0 Å². The van der Waals surface area contributed by atoms with Crippen molar-refractivity contribution in [2.75, 3.05) is 18.0 Å². The van der Waals surface area contributed by atoms with Crippen LogP contribution in [0.3, 0.4) is 0 Å². The Morgan fingerprint density at radius 1 is 1.28 bits per heavy atom. The molecule has 4 heteroatoms. The topological polar surface area (TPSA) is 29.0 Å². The first-order chi connectivity index (χ1) is 8.76. The van der Waals surface area contributed by atoms with Crippen molar-refractivity contribution in [3.63, 3.8) is 0 Å². The van der Waals surface area contributed by atoms with Crippen LogP contribution in [0.2, 0.25) is 5.15 Å². The van der Waals surface area contributed by atoms with Crippen molar-refractivity contribution in [3.05, 3.63) is 17.0 Å². The molecule has 1 unspecified atom stereocenters. The predicted octanol–water partition coefficient (Wildman–Crippen LogP) is 3.71. The van der Waals surface area contributed by atoms with E-state index in [9.17, 15) is 0 Å². The Morgan fingerprint density at radius 2 is 2.11 bits per heavy atom. The zero-order valence-electron chi connectivity index (χ0n) is 11.3. The molecule has 0 aliphatic carbocycles. The molecule has 1 aliphatic heterocycles. The molecule has 0 amide bonds. The van der Waals surface area contributed by atoms with Gasteiger partial charge in [-0.05, 0) is 31.6 Å². The highest BCUT2D eigenvalue weighted by Gasteiger charge is 2.19. The highest BCUT2D eigenvalue weighted by atomic mass is 35.5. The van der Waals surface area contributed by atoms with Gasteiger partial charge in [-0.25, -0.2) is 9.97 Å². The van der Waals surface area contributed by atoms with E-state index in [2.05, 4.69) is 28.7 Å². The number of hydrogen-bond donors (Lipinski definition) is 0. The Hall–Kier alpha value is -0.830. The molecule has 1 atom stereocenters. The Labute approximate surface area is 115 Å². The van der Waals surface area contributed by atoms with E-state index in [0.29, 0.717) is 5.15 Å². The lowest BCUT2D eigenvalue weighted by atomic mass is 9.98. The summed E-state index contributed by atoms with van der Waals surface area (Å²) in [6.45, 7) is 6.59. The molecule has 3 nitrogen and oxygen atoms in total. The summed E-state index contributed by atoms with van der Waals surface area (Å²) in [6, 6.07) is 0. The Morgan fingerprint density at radius 3 is 2.83 bits per heavy atom. The summed E-state index contributed by atoms with van der Waals surface area (Å²) in [7, 11) is 0. The molecule has 0 spiro atoms. The van der Waals surface area contributed by atoms with Gasteiger partial charge in [-0.2, -0.15) is 0 Å². The normalized spacial score (nSPS) is 20.8. The van der Waals surface area contributed by atoms with Crippen LogP contribution in [0.4, 0.5) is 5.82 Å². The number of anilines is 1. The molecule has 2 rings (SSSR count). The fourth-order valence-corrected chi connectivity index (χ4v) is 3.01. The maximum absolute atomic E-state index is 6.17. The van der Waals surface area contributed by atoms with E-state index in [-0.39, 0.29) is 0 Å². The van der Waals surface area contributed by atoms with Gasteiger partial charge in [-0.15, -0.1) is 0 Å². The van der Waals surface area contributed by atoms with Crippen molar-refractivity contribution in [2.24, 2.45) is 5.92 Å². The average molecular weight is 268 g/mol. The molecule has 0 N–H and O–H groups in total. The fraction of sp³-hybridized carbons (Fsp3) is 0.714. The second-order valence-corrected chi connectivity index (χ2v) is 5.37. The summed E-state index contributed by atoms with van der Waals surface area (Å²) in [4.78, 5) is 10.9. The zero-order valence-corrected chi connectivity index (χ0v) is 12.1. The van der Waals surface area contributed by atoms with Crippen LogP contribution >= 0.6 is 11.6 Å². The lowest BCUT2D eigenvalue weighted by Gasteiger charge is -2.24. The Balaban J connectivity index is 2.18. The van der Waals surface area contributed by atoms with Gasteiger partial charge in [0.25, 0.3) is 0 Å². The van der Waals surface area contributed by atoms with Crippen LogP contribution in [-0.4, -0.2) is 23.1 Å². The van der Waals surface area contributed by atoms with E-state index in [1.54, 1.807) is 6.33 Å². The van der Waals surface area contributed by atoms with Crippen molar-refractivity contribution in [1.29, 1.82) is 0 Å². The van der Waals surface area contributed by atoms with Gasteiger partial charge < -0.3 is 4.90 Å². The molecule has 0 saturated carbocycles. The second kappa shape index (κ2) is 6.37. The Bertz CT molecular complexity index is 395. The average Bonchev–Trinajstić information content (AvgIpc) is 2.63. The maximum Gasteiger partial charge on any atom is 0.137 e. The lowest BCUT2D eigenvalue weighted by Crippen LogP contribution is -2.26. The first-order valence-corrected chi connectivity index (χ1v) is 7.38. The van der Waals surface area contributed by atoms with Crippen LogP contribution in [0.1, 0.15) is 45.1 Å². The third kappa shape index (κ3) is 2.94. The second-order valence-electron chi connectivity index (χ2n) is 5.01. The minimum atomic E-state index is 0.610. The smallest absolute Gasteiger partial charge is 0.137 e. The zero-order chi connectivity index (χ0) is 13.0. The van der Waals surface area contributed by atoms with Gasteiger partial charge in [-0.1, -0.05) is 31.9 Å². The molecular weight excluding hydrogens is 246 g/mol. The van der Waals surface area contributed by atoms with Gasteiger partial charge in [0.1, 0.15) is 17.3 Å². The molecule has 2 heterocycles. The van der Waals surface area contributed by atoms with E-state index in [1.807, 2.05) is 0 Å². The maximum atomic E-state index is 6.17. The number of nitrogens with zero attached hydrogens (tertiary/aromatic N) is 3. The molecule has 1 aromatic rings. The van der Waals surface area contributed by atoms with E-state index in [0.717, 1.165) is 36.8 Å². The summed E-state index contributed by atoms with van der Waals surface area (Å²) in [5.41, 5.74) is 1.09. The highest BCUT2D eigenvalue weighted by Crippen LogP contribution is 2.28. The standard InChI is InChI=1S/C14H22ClN3/c1-3-11-6-5-8-18(9-7-11)14-12(4-2)13(15)16-10-17-14/h10-11H,3-9H2,1-2H3. The van der Waals surface area contributed by atoms with Crippen LogP contribution in [0.25, 0.3) is 0 Å². The minimum Gasteiger partial charge on any atom is -0.356 e. The summed E-state index contributed by atoms with van der Waals surface area (Å²) in [5.74, 6) is 1.92. The van der Waals surface area contributed by atoms with Crippen molar-refractivity contribution in [1.82, 2.24) is 9.97 Å². The van der Waals surface area contributed by atoms with Gasteiger partial charge >= 0.3 is 0 Å². The van der Waals surface area contributed by atoms with Gasteiger partial charge in [0, 0.05) is 18.7 Å². The SMILES string of the molecule is CCc1c(Cl)ncnc1N1CCCC(CC)CC1. The number of aromatic nitrogens is 2. The van der Waals surface area contributed by atoms with Crippen LogP contribution in [0, 0.1) is 5.92 Å². The van der Waals surface area contributed by atoms with Gasteiger partial charge in [0.2, 0.25) is 0 Å². The third-order valence-electron chi connectivity index (χ3n) is 3.95. The molecular formula is C14H22ClN3. The molecule has 0 aromatic carbocycles. The minimum absolute atomic E-state index is 0.610. The summed E-state index contributed by atoms with van der Waals surface area (Å²) >= 11 is 6.17. The molecule has 18 heavy (non-hydrogen) atoms. The Kier molecular flexibility index (Phi) is 4.81. The fourth-order valence-electron chi connectivity index (χ4n) is 2.74. The van der Waals surface area contributed by atoms with Gasteiger partial charge in [-0.3, -0.25) is 0 Å². The first-order valence-electron chi connectivity index (χ1n) is 7.00. The van der Waals surface area contributed by atoms with Crippen molar-refractivity contribution >= 4 is 17.4 Å².